The molecule has 11 rings (SSSR count). The molecule has 5 heteroatoms. The average Bonchev–Trinajstić information content (AvgIpc) is 3.77. The first kappa shape index (κ1) is 24.8. The molecule has 4 heterocycles. The fraction of sp³-hybridized carbons (Fsp3) is 0. The van der Waals surface area contributed by atoms with Gasteiger partial charge in [-0.25, -0.2) is 9.97 Å². The first-order valence-electron chi connectivity index (χ1n) is 15.8. The van der Waals surface area contributed by atoms with Crippen LogP contribution < -0.4 is 0 Å². The van der Waals surface area contributed by atoms with Gasteiger partial charge in [0.1, 0.15) is 11.2 Å². The van der Waals surface area contributed by atoms with E-state index in [0.29, 0.717) is 0 Å². The van der Waals surface area contributed by atoms with E-state index >= 15 is 0 Å². The van der Waals surface area contributed by atoms with Gasteiger partial charge in [0.25, 0.3) is 0 Å². The van der Waals surface area contributed by atoms with Crippen molar-refractivity contribution in [1.82, 2.24) is 19.1 Å². The number of nitrogens with zero attached hydrogens (tertiary/aromatic N) is 4. The number of furan rings is 1. The van der Waals surface area contributed by atoms with E-state index in [9.17, 15) is 0 Å². The fourth-order valence-electron chi connectivity index (χ4n) is 7.67. The number of rotatable bonds is 2. The van der Waals surface area contributed by atoms with E-state index in [4.69, 9.17) is 14.4 Å². The molecule has 11 aromatic rings. The van der Waals surface area contributed by atoms with Crippen LogP contribution in [0.5, 0.6) is 0 Å². The highest BCUT2D eigenvalue weighted by Gasteiger charge is 2.23. The van der Waals surface area contributed by atoms with Gasteiger partial charge < -0.3 is 4.42 Å². The Bertz CT molecular complexity index is 3030. The second-order valence-corrected chi connectivity index (χ2v) is 12.2. The lowest BCUT2D eigenvalue weighted by Crippen LogP contribution is -2.09. The number of hydrogen-bond donors (Lipinski definition) is 0. The highest BCUT2D eigenvalue weighted by Crippen LogP contribution is 2.42. The lowest BCUT2D eigenvalue weighted by molar-refractivity contribution is 0.669. The number of hydrogen-bond acceptors (Lipinski definition) is 3. The predicted molar refractivity (Wildman–Crippen MR) is 193 cm³/mol. The minimum Gasteiger partial charge on any atom is -0.456 e. The summed E-state index contributed by atoms with van der Waals surface area (Å²) < 4.78 is 11.1. The molecule has 0 spiro atoms. The maximum Gasteiger partial charge on any atom is 0.182 e. The van der Waals surface area contributed by atoms with E-state index in [1.807, 2.05) is 24.3 Å². The SMILES string of the molecule is c1ccc2c(c1)ccc1oc3cc4c(cc3c12)c1ccccc1n4-c1nc2ccccc2nc1-n1c2ccccc2c2ccccc21. The van der Waals surface area contributed by atoms with Crippen LogP contribution in [0.4, 0.5) is 0 Å². The van der Waals surface area contributed by atoms with Gasteiger partial charge in [-0.1, -0.05) is 97.1 Å². The van der Waals surface area contributed by atoms with Crippen molar-refractivity contribution in [2.45, 2.75) is 0 Å². The number of fused-ring (bicyclic) bond motifs is 12. The first-order valence-corrected chi connectivity index (χ1v) is 15.8. The molecule has 0 N–H and O–H groups in total. The molecular formula is C42H24N4O. The van der Waals surface area contributed by atoms with Crippen molar-refractivity contribution in [2.24, 2.45) is 0 Å². The summed E-state index contributed by atoms with van der Waals surface area (Å²) in [6, 6.07) is 51.0. The van der Waals surface area contributed by atoms with Gasteiger partial charge in [0, 0.05) is 38.4 Å². The van der Waals surface area contributed by atoms with Crippen LogP contribution in [0.15, 0.2) is 150 Å². The van der Waals surface area contributed by atoms with Crippen LogP contribution in [0.25, 0.3) is 99.0 Å². The largest absolute Gasteiger partial charge is 0.456 e. The standard InChI is InChI=1S/C42H24N4O/c1-2-12-26-25(11-1)21-22-38-40(26)31-23-30-29-15-5-10-20-36(29)46(37(30)24-39(31)47-38)42-41(43-32-16-6-7-17-33(32)44-42)45-34-18-8-3-13-27(34)28-14-4-9-19-35(28)45/h1-24H. The van der Waals surface area contributed by atoms with E-state index in [2.05, 4.69) is 130 Å². The second kappa shape index (κ2) is 9.05. The Balaban J connectivity index is 1.32. The maximum absolute atomic E-state index is 6.59. The van der Waals surface area contributed by atoms with Gasteiger partial charge in [0.2, 0.25) is 0 Å². The predicted octanol–water partition coefficient (Wildman–Crippen LogP) is 10.9. The fourth-order valence-corrected chi connectivity index (χ4v) is 7.67. The molecule has 218 valence electrons. The molecule has 0 fully saturated rings. The van der Waals surface area contributed by atoms with Crippen molar-refractivity contribution in [2.75, 3.05) is 0 Å². The maximum atomic E-state index is 6.59. The Morgan fingerprint density at radius 1 is 0.383 bits per heavy atom. The van der Waals surface area contributed by atoms with E-state index in [-0.39, 0.29) is 0 Å². The highest BCUT2D eigenvalue weighted by atomic mass is 16.3. The summed E-state index contributed by atoms with van der Waals surface area (Å²) >= 11 is 0. The Morgan fingerprint density at radius 2 is 0.894 bits per heavy atom. The molecule has 0 aliphatic carbocycles. The molecule has 4 aromatic heterocycles. The molecule has 0 unspecified atom stereocenters. The molecule has 0 aliphatic heterocycles. The van der Waals surface area contributed by atoms with E-state index < -0.39 is 0 Å². The summed E-state index contributed by atoms with van der Waals surface area (Å²) in [7, 11) is 0. The van der Waals surface area contributed by atoms with E-state index in [1.165, 1.54) is 21.5 Å². The van der Waals surface area contributed by atoms with Gasteiger partial charge in [-0.2, -0.15) is 0 Å². The van der Waals surface area contributed by atoms with E-state index in [1.54, 1.807) is 0 Å². The van der Waals surface area contributed by atoms with Crippen LogP contribution in [-0.4, -0.2) is 19.1 Å². The Morgan fingerprint density at radius 3 is 1.53 bits per heavy atom. The van der Waals surface area contributed by atoms with Gasteiger partial charge >= 0.3 is 0 Å². The Kier molecular flexibility index (Phi) is 4.78. The molecule has 0 amide bonds. The normalized spacial score (nSPS) is 12.3. The van der Waals surface area contributed by atoms with Crippen molar-refractivity contribution in [1.29, 1.82) is 0 Å². The third-order valence-corrected chi connectivity index (χ3v) is 9.69. The van der Waals surface area contributed by atoms with Crippen molar-refractivity contribution in [3.05, 3.63) is 146 Å². The minimum atomic E-state index is 0.766. The summed E-state index contributed by atoms with van der Waals surface area (Å²) in [5.74, 6) is 1.54. The van der Waals surface area contributed by atoms with Crippen molar-refractivity contribution in [3.8, 4) is 11.6 Å². The molecule has 47 heavy (non-hydrogen) atoms. The number of benzene rings is 7. The third-order valence-electron chi connectivity index (χ3n) is 9.69. The smallest absolute Gasteiger partial charge is 0.182 e. The van der Waals surface area contributed by atoms with Crippen LogP contribution in [-0.2, 0) is 0 Å². The lowest BCUT2D eigenvalue weighted by Gasteiger charge is -2.15. The summed E-state index contributed by atoms with van der Waals surface area (Å²) in [6.45, 7) is 0. The molecular weight excluding hydrogens is 576 g/mol. The summed E-state index contributed by atoms with van der Waals surface area (Å²) in [5.41, 5.74) is 7.69. The molecule has 7 aromatic carbocycles. The quantitative estimate of drug-likeness (QED) is 0.198. The van der Waals surface area contributed by atoms with Gasteiger partial charge in [-0.05, 0) is 53.2 Å². The molecule has 0 radical (unpaired) electrons. The first-order chi connectivity index (χ1) is 23.3. The minimum absolute atomic E-state index is 0.766. The van der Waals surface area contributed by atoms with Crippen LogP contribution in [0.1, 0.15) is 0 Å². The summed E-state index contributed by atoms with van der Waals surface area (Å²) in [6.07, 6.45) is 0. The second-order valence-electron chi connectivity index (χ2n) is 12.2. The summed E-state index contributed by atoms with van der Waals surface area (Å²) in [5, 5.41) is 9.32. The highest BCUT2D eigenvalue weighted by molar-refractivity contribution is 6.23. The molecule has 0 bridgehead atoms. The molecule has 0 atom stereocenters. The number of para-hydroxylation sites is 5. The lowest BCUT2D eigenvalue weighted by atomic mass is 10.0. The van der Waals surface area contributed by atoms with Gasteiger partial charge in [0.15, 0.2) is 11.6 Å². The zero-order valence-corrected chi connectivity index (χ0v) is 25.1. The zero-order chi connectivity index (χ0) is 30.6. The monoisotopic (exact) mass is 600 g/mol. The van der Waals surface area contributed by atoms with Crippen LogP contribution in [0, 0.1) is 0 Å². The average molecular weight is 601 g/mol. The third kappa shape index (κ3) is 3.32. The van der Waals surface area contributed by atoms with Crippen molar-refractivity contribution < 1.29 is 4.42 Å². The van der Waals surface area contributed by atoms with Crippen molar-refractivity contribution in [3.63, 3.8) is 0 Å². The van der Waals surface area contributed by atoms with Gasteiger partial charge in [-0.3, -0.25) is 9.13 Å². The zero-order valence-electron chi connectivity index (χ0n) is 25.1. The van der Waals surface area contributed by atoms with E-state index in [0.717, 1.165) is 77.4 Å². The van der Waals surface area contributed by atoms with Gasteiger partial charge in [0.05, 0.1) is 33.1 Å². The molecule has 0 saturated heterocycles. The summed E-state index contributed by atoms with van der Waals surface area (Å²) in [4.78, 5) is 10.8. The molecule has 0 aliphatic rings. The molecule has 5 nitrogen and oxygen atoms in total. The van der Waals surface area contributed by atoms with Crippen molar-refractivity contribution >= 4 is 87.4 Å². The van der Waals surface area contributed by atoms with Crippen LogP contribution in [0.2, 0.25) is 0 Å². The topological polar surface area (TPSA) is 48.8 Å². The Labute approximate surface area is 267 Å². The van der Waals surface area contributed by atoms with Crippen LogP contribution >= 0.6 is 0 Å². The molecule has 0 saturated carbocycles. The number of aromatic nitrogens is 4. The van der Waals surface area contributed by atoms with Crippen LogP contribution in [0.3, 0.4) is 0 Å². The Hall–Kier alpha value is -6.46. The van der Waals surface area contributed by atoms with Gasteiger partial charge in [-0.15, -0.1) is 0 Å².